The predicted molar refractivity (Wildman–Crippen MR) is 60.2 cm³/mol. The van der Waals surface area contributed by atoms with E-state index in [1.165, 1.54) is 11.1 Å². The van der Waals surface area contributed by atoms with Crippen LogP contribution in [0.25, 0.3) is 0 Å². The molecule has 0 aliphatic carbocycles. The van der Waals surface area contributed by atoms with Crippen LogP contribution >= 0.6 is 11.8 Å². The van der Waals surface area contributed by atoms with Gasteiger partial charge in [-0.15, -0.1) is 11.8 Å². The summed E-state index contributed by atoms with van der Waals surface area (Å²) in [5.74, 6) is 0.944. The van der Waals surface area contributed by atoms with Crippen molar-refractivity contribution in [2.75, 3.05) is 20.2 Å². The van der Waals surface area contributed by atoms with Crippen molar-refractivity contribution >= 4 is 11.8 Å². The molecule has 0 bridgehead atoms. The molecule has 0 saturated carbocycles. The van der Waals surface area contributed by atoms with Crippen LogP contribution in [0.2, 0.25) is 0 Å². The fourth-order valence-corrected chi connectivity index (χ4v) is 1.82. The fraction of sp³-hybridized carbons (Fsp3) is 0.455. The van der Waals surface area contributed by atoms with Crippen molar-refractivity contribution in [2.45, 2.75) is 18.7 Å². The maximum absolute atomic E-state index is 5.55. The number of hydrogen-bond donors (Lipinski definition) is 0. The second kappa shape index (κ2) is 5.27. The molecule has 0 unspecified atom stereocenters. The van der Waals surface area contributed by atoms with Crippen LogP contribution in [0.15, 0.2) is 17.0 Å². The van der Waals surface area contributed by atoms with Crippen molar-refractivity contribution in [3.8, 4) is 5.75 Å². The van der Waals surface area contributed by atoms with E-state index in [2.05, 4.69) is 26.0 Å². The van der Waals surface area contributed by atoms with Gasteiger partial charge in [0.2, 0.25) is 0 Å². The Hall–Kier alpha value is -0.670. The topological polar surface area (TPSA) is 18.5 Å². The Balaban J connectivity index is 3.01. The van der Waals surface area contributed by atoms with Crippen LogP contribution in [0.4, 0.5) is 0 Å². The average Bonchev–Trinajstić information content (AvgIpc) is 2.20. The summed E-state index contributed by atoms with van der Waals surface area (Å²) in [5.41, 5.74) is 2.43. The summed E-state index contributed by atoms with van der Waals surface area (Å²) in [6.45, 7) is 4.46. The molecular formula is C11H16O2S. The maximum atomic E-state index is 5.55. The predicted octanol–water partition coefficient (Wildman–Crippen LogP) is 3.01. The molecule has 14 heavy (non-hydrogen) atoms. The normalized spacial score (nSPS) is 10.3. The number of thioether (sulfide) groups is 1. The molecule has 2 nitrogen and oxygen atoms in total. The molecule has 0 amide bonds. The van der Waals surface area contributed by atoms with E-state index >= 15 is 0 Å². The largest absolute Gasteiger partial charge is 0.466 e. The lowest BCUT2D eigenvalue weighted by atomic mass is 10.1. The smallest absolute Gasteiger partial charge is 0.188 e. The van der Waals surface area contributed by atoms with Gasteiger partial charge in [-0.25, -0.2) is 0 Å². The Morgan fingerprint density at radius 3 is 2.57 bits per heavy atom. The molecule has 0 spiro atoms. The van der Waals surface area contributed by atoms with Crippen molar-refractivity contribution in [1.29, 1.82) is 0 Å². The summed E-state index contributed by atoms with van der Waals surface area (Å²) < 4.78 is 10.5. The second-order valence-corrected chi connectivity index (χ2v) is 3.94. The number of benzene rings is 1. The number of methoxy groups -OCH3 is 1. The van der Waals surface area contributed by atoms with Gasteiger partial charge in [0.25, 0.3) is 0 Å². The minimum atomic E-state index is 0.303. The number of ether oxygens (including phenoxy) is 2. The molecule has 0 N–H and O–H groups in total. The first-order valence-corrected chi connectivity index (χ1v) is 5.69. The molecule has 1 aromatic carbocycles. The highest BCUT2D eigenvalue weighted by Crippen LogP contribution is 2.32. The highest BCUT2D eigenvalue weighted by molar-refractivity contribution is 7.98. The van der Waals surface area contributed by atoms with Crippen LogP contribution in [-0.4, -0.2) is 20.2 Å². The van der Waals surface area contributed by atoms with Gasteiger partial charge in [-0.3, -0.25) is 0 Å². The van der Waals surface area contributed by atoms with Gasteiger partial charge < -0.3 is 9.47 Å². The molecule has 0 aromatic heterocycles. The molecule has 1 aromatic rings. The quantitative estimate of drug-likeness (QED) is 0.564. The molecule has 0 atom stereocenters. The lowest BCUT2D eigenvalue weighted by molar-refractivity contribution is 0.0486. The van der Waals surface area contributed by atoms with Crippen LogP contribution in [0.1, 0.15) is 11.1 Å². The third-order valence-electron chi connectivity index (χ3n) is 2.18. The first kappa shape index (κ1) is 11.4. The van der Waals surface area contributed by atoms with Gasteiger partial charge in [0.15, 0.2) is 6.79 Å². The average molecular weight is 212 g/mol. The Labute approximate surface area is 89.6 Å². The molecule has 0 aliphatic rings. The summed E-state index contributed by atoms with van der Waals surface area (Å²) >= 11 is 1.69. The summed E-state index contributed by atoms with van der Waals surface area (Å²) in [7, 11) is 1.63. The van der Waals surface area contributed by atoms with Crippen molar-refractivity contribution in [3.05, 3.63) is 23.3 Å². The summed E-state index contributed by atoms with van der Waals surface area (Å²) in [6, 6.07) is 4.19. The zero-order valence-corrected chi connectivity index (χ0v) is 9.90. The highest BCUT2D eigenvalue weighted by Gasteiger charge is 2.08. The number of hydrogen-bond acceptors (Lipinski definition) is 3. The van der Waals surface area contributed by atoms with Gasteiger partial charge in [-0.05, 0) is 37.3 Å². The van der Waals surface area contributed by atoms with E-state index in [0.717, 1.165) is 10.6 Å². The van der Waals surface area contributed by atoms with Crippen molar-refractivity contribution in [3.63, 3.8) is 0 Å². The number of rotatable bonds is 4. The Morgan fingerprint density at radius 2 is 2.00 bits per heavy atom. The van der Waals surface area contributed by atoms with E-state index in [-0.39, 0.29) is 0 Å². The minimum Gasteiger partial charge on any atom is -0.466 e. The highest BCUT2D eigenvalue weighted by atomic mass is 32.2. The van der Waals surface area contributed by atoms with Gasteiger partial charge in [0.1, 0.15) is 5.75 Å². The van der Waals surface area contributed by atoms with Crippen LogP contribution in [0.3, 0.4) is 0 Å². The van der Waals surface area contributed by atoms with Crippen LogP contribution in [0, 0.1) is 13.8 Å². The van der Waals surface area contributed by atoms with E-state index in [1.807, 2.05) is 6.26 Å². The van der Waals surface area contributed by atoms with Gasteiger partial charge in [0, 0.05) is 12.0 Å². The molecule has 0 aliphatic heterocycles. The summed E-state index contributed by atoms with van der Waals surface area (Å²) in [5, 5.41) is 0. The SMILES string of the molecule is COCOc1c(SC)ccc(C)c1C. The molecule has 0 fully saturated rings. The fourth-order valence-electron chi connectivity index (χ4n) is 1.22. The molecule has 0 radical (unpaired) electrons. The Kier molecular flexibility index (Phi) is 4.29. The molecule has 0 saturated heterocycles. The summed E-state index contributed by atoms with van der Waals surface area (Å²) in [6.07, 6.45) is 2.05. The van der Waals surface area contributed by atoms with Gasteiger partial charge in [-0.1, -0.05) is 6.07 Å². The first-order valence-electron chi connectivity index (χ1n) is 4.46. The summed E-state index contributed by atoms with van der Waals surface area (Å²) in [4.78, 5) is 1.16. The Bertz CT molecular complexity index is 310. The zero-order chi connectivity index (χ0) is 10.6. The number of aryl methyl sites for hydroxylation is 1. The molecular weight excluding hydrogens is 196 g/mol. The lowest BCUT2D eigenvalue weighted by Crippen LogP contribution is -2.02. The molecule has 78 valence electrons. The van der Waals surface area contributed by atoms with Gasteiger partial charge in [0.05, 0.1) is 0 Å². The zero-order valence-electron chi connectivity index (χ0n) is 9.09. The van der Waals surface area contributed by atoms with E-state index in [4.69, 9.17) is 9.47 Å². The van der Waals surface area contributed by atoms with E-state index in [1.54, 1.807) is 18.9 Å². The van der Waals surface area contributed by atoms with Gasteiger partial charge in [-0.2, -0.15) is 0 Å². The van der Waals surface area contributed by atoms with Crippen LogP contribution in [0.5, 0.6) is 5.75 Å². The third-order valence-corrected chi connectivity index (χ3v) is 2.94. The monoisotopic (exact) mass is 212 g/mol. The molecule has 3 heteroatoms. The van der Waals surface area contributed by atoms with Crippen molar-refractivity contribution in [1.82, 2.24) is 0 Å². The van der Waals surface area contributed by atoms with Crippen molar-refractivity contribution < 1.29 is 9.47 Å². The van der Waals surface area contributed by atoms with Crippen molar-refractivity contribution in [2.24, 2.45) is 0 Å². The van der Waals surface area contributed by atoms with E-state index < -0.39 is 0 Å². The standard InChI is InChI=1S/C11H16O2S/c1-8-5-6-10(14-4)11(9(8)2)13-7-12-3/h5-6H,7H2,1-4H3. The van der Waals surface area contributed by atoms with E-state index in [9.17, 15) is 0 Å². The van der Waals surface area contributed by atoms with E-state index in [0.29, 0.717) is 6.79 Å². The third kappa shape index (κ3) is 2.42. The molecule has 0 heterocycles. The first-order chi connectivity index (χ1) is 6.70. The van der Waals surface area contributed by atoms with Crippen LogP contribution in [-0.2, 0) is 4.74 Å². The maximum Gasteiger partial charge on any atom is 0.188 e. The van der Waals surface area contributed by atoms with Crippen LogP contribution < -0.4 is 4.74 Å². The lowest BCUT2D eigenvalue weighted by Gasteiger charge is -2.13. The molecule has 1 rings (SSSR count). The second-order valence-electron chi connectivity index (χ2n) is 3.09. The Morgan fingerprint density at radius 1 is 1.29 bits per heavy atom. The minimum absolute atomic E-state index is 0.303. The van der Waals surface area contributed by atoms with Gasteiger partial charge >= 0.3 is 0 Å².